The number of aryl methyl sites for hydroxylation is 1. The minimum atomic E-state index is 0.752. The van der Waals surface area contributed by atoms with Crippen LogP contribution < -0.4 is 10.6 Å². The Morgan fingerprint density at radius 1 is 1.11 bits per heavy atom. The van der Waals surface area contributed by atoms with Gasteiger partial charge in [0.1, 0.15) is 17.3 Å². The first-order valence-corrected chi connectivity index (χ1v) is 6.08. The fourth-order valence-electron chi connectivity index (χ4n) is 1.61. The molecule has 0 bridgehead atoms. The van der Waals surface area contributed by atoms with Gasteiger partial charge in [-0.1, -0.05) is 0 Å². The second-order valence-electron chi connectivity index (χ2n) is 4.10. The van der Waals surface area contributed by atoms with Gasteiger partial charge in [-0.3, -0.25) is 0 Å². The first kappa shape index (κ1) is 12.6. The van der Waals surface area contributed by atoms with Gasteiger partial charge >= 0.3 is 0 Å². The predicted molar refractivity (Wildman–Crippen MR) is 71.5 cm³/mol. The number of furan rings is 1. The van der Waals surface area contributed by atoms with E-state index in [0.29, 0.717) is 0 Å². The zero-order valence-electron chi connectivity index (χ0n) is 10.7. The molecule has 0 radical (unpaired) electrons. The summed E-state index contributed by atoms with van der Waals surface area (Å²) < 4.78 is 5.49. The van der Waals surface area contributed by atoms with Crippen LogP contribution in [0.5, 0.6) is 0 Å². The van der Waals surface area contributed by atoms with Crippen LogP contribution >= 0.6 is 0 Å². The van der Waals surface area contributed by atoms with Crippen molar-refractivity contribution in [3.63, 3.8) is 0 Å². The largest absolute Gasteiger partial charge is 0.460 e. The molecule has 2 aromatic heterocycles. The SMILES string of the molecule is CNCCCNc1ccc(-c2ccc(C)o2)nn1. The van der Waals surface area contributed by atoms with Gasteiger partial charge in [-0.25, -0.2) is 0 Å². The number of nitrogens with one attached hydrogen (secondary N) is 2. The highest BCUT2D eigenvalue weighted by molar-refractivity contribution is 5.53. The van der Waals surface area contributed by atoms with Crippen molar-refractivity contribution in [3.05, 3.63) is 30.0 Å². The molecular formula is C13H18N4O. The second kappa shape index (κ2) is 6.16. The first-order chi connectivity index (χ1) is 8.79. The number of nitrogens with zero attached hydrogens (tertiary/aromatic N) is 2. The minimum Gasteiger partial charge on any atom is -0.460 e. The van der Waals surface area contributed by atoms with E-state index in [2.05, 4.69) is 20.8 Å². The van der Waals surface area contributed by atoms with E-state index in [9.17, 15) is 0 Å². The van der Waals surface area contributed by atoms with Gasteiger partial charge in [-0.15, -0.1) is 10.2 Å². The Balaban J connectivity index is 1.93. The van der Waals surface area contributed by atoms with Gasteiger partial charge in [-0.05, 0) is 51.2 Å². The normalized spacial score (nSPS) is 10.6. The smallest absolute Gasteiger partial charge is 0.154 e. The summed E-state index contributed by atoms with van der Waals surface area (Å²) in [5.41, 5.74) is 0.754. The van der Waals surface area contributed by atoms with Gasteiger partial charge in [0.05, 0.1) is 0 Å². The van der Waals surface area contributed by atoms with Crippen molar-refractivity contribution >= 4 is 5.82 Å². The molecule has 0 amide bonds. The summed E-state index contributed by atoms with van der Waals surface area (Å²) in [6, 6.07) is 7.64. The third-order valence-electron chi connectivity index (χ3n) is 2.57. The van der Waals surface area contributed by atoms with Crippen molar-refractivity contribution in [3.8, 4) is 11.5 Å². The molecule has 0 saturated heterocycles. The molecule has 0 fully saturated rings. The van der Waals surface area contributed by atoms with Crippen LogP contribution in [0, 0.1) is 6.92 Å². The highest BCUT2D eigenvalue weighted by atomic mass is 16.3. The molecule has 0 aromatic carbocycles. The van der Waals surface area contributed by atoms with Crippen molar-refractivity contribution in [2.75, 3.05) is 25.5 Å². The van der Waals surface area contributed by atoms with Gasteiger partial charge in [-0.2, -0.15) is 0 Å². The molecule has 5 nitrogen and oxygen atoms in total. The summed E-state index contributed by atoms with van der Waals surface area (Å²) in [6.45, 7) is 3.79. The highest BCUT2D eigenvalue weighted by Crippen LogP contribution is 2.19. The topological polar surface area (TPSA) is 63.0 Å². The van der Waals surface area contributed by atoms with E-state index in [1.807, 2.05) is 38.2 Å². The molecule has 0 unspecified atom stereocenters. The molecular weight excluding hydrogens is 228 g/mol. The van der Waals surface area contributed by atoms with E-state index < -0.39 is 0 Å². The van der Waals surface area contributed by atoms with E-state index in [1.54, 1.807) is 0 Å². The first-order valence-electron chi connectivity index (χ1n) is 6.08. The van der Waals surface area contributed by atoms with Crippen LogP contribution in [-0.4, -0.2) is 30.3 Å². The van der Waals surface area contributed by atoms with Crippen molar-refractivity contribution in [1.29, 1.82) is 0 Å². The Morgan fingerprint density at radius 2 is 2.00 bits per heavy atom. The molecule has 96 valence electrons. The summed E-state index contributed by atoms with van der Waals surface area (Å²) in [5.74, 6) is 2.42. The Kier molecular flexibility index (Phi) is 4.30. The average Bonchev–Trinajstić information content (AvgIpc) is 2.82. The summed E-state index contributed by atoms with van der Waals surface area (Å²) >= 11 is 0. The van der Waals surface area contributed by atoms with Crippen LogP contribution in [0.25, 0.3) is 11.5 Å². The van der Waals surface area contributed by atoms with Crippen LogP contribution in [0.3, 0.4) is 0 Å². The van der Waals surface area contributed by atoms with E-state index in [-0.39, 0.29) is 0 Å². The average molecular weight is 246 g/mol. The van der Waals surface area contributed by atoms with Crippen LogP contribution in [0.15, 0.2) is 28.7 Å². The minimum absolute atomic E-state index is 0.752. The van der Waals surface area contributed by atoms with Crippen molar-refractivity contribution in [2.24, 2.45) is 0 Å². The van der Waals surface area contributed by atoms with E-state index in [1.165, 1.54) is 0 Å². The summed E-state index contributed by atoms with van der Waals surface area (Å²) in [7, 11) is 1.94. The van der Waals surface area contributed by atoms with Crippen molar-refractivity contribution in [2.45, 2.75) is 13.3 Å². The van der Waals surface area contributed by atoms with E-state index >= 15 is 0 Å². The Morgan fingerprint density at radius 3 is 2.61 bits per heavy atom. The second-order valence-corrected chi connectivity index (χ2v) is 4.10. The highest BCUT2D eigenvalue weighted by Gasteiger charge is 2.04. The standard InChI is InChI=1S/C13H18N4O/c1-10-4-6-12(18-10)11-5-7-13(17-16-11)15-9-3-8-14-2/h4-7,14H,3,8-9H2,1-2H3,(H,15,17). The Labute approximate surface area is 107 Å². The summed E-state index contributed by atoms with van der Waals surface area (Å²) in [5, 5.41) is 14.6. The van der Waals surface area contributed by atoms with Crippen molar-refractivity contribution in [1.82, 2.24) is 15.5 Å². The molecule has 0 spiro atoms. The molecule has 0 aliphatic rings. The van der Waals surface area contributed by atoms with Crippen molar-refractivity contribution < 1.29 is 4.42 Å². The lowest BCUT2D eigenvalue weighted by Crippen LogP contribution is -2.13. The zero-order chi connectivity index (χ0) is 12.8. The van der Waals surface area contributed by atoms with E-state index in [0.717, 1.165) is 42.5 Å². The van der Waals surface area contributed by atoms with Gasteiger partial charge in [0.25, 0.3) is 0 Å². The van der Waals surface area contributed by atoms with Gasteiger partial charge in [0.2, 0.25) is 0 Å². The predicted octanol–water partition coefficient (Wildman–Crippen LogP) is 2.07. The fourth-order valence-corrected chi connectivity index (χ4v) is 1.61. The molecule has 0 atom stereocenters. The molecule has 0 aliphatic heterocycles. The van der Waals surface area contributed by atoms with Gasteiger partial charge in [0, 0.05) is 6.54 Å². The molecule has 5 heteroatoms. The quantitative estimate of drug-likeness (QED) is 0.764. The molecule has 0 aliphatic carbocycles. The lowest BCUT2D eigenvalue weighted by Gasteiger charge is -2.04. The lowest BCUT2D eigenvalue weighted by atomic mass is 10.3. The number of hydrogen-bond acceptors (Lipinski definition) is 5. The Hall–Kier alpha value is -1.88. The van der Waals surface area contributed by atoms with Crippen LogP contribution in [0.2, 0.25) is 0 Å². The molecule has 2 rings (SSSR count). The zero-order valence-corrected chi connectivity index (χ0v) is 10.7. The third kappa shape index (κ3) is 3.30. The maximum absolute atomic E-state index is 5.49. The van der Waals surface area contributed by atoms with Gasteiger partial charge in [0.15, 0.2) is 5.76 Å². The molecule has 18 heavy (non-hydrogen) atoms. The maximum Gasteiger partial charge on any atom is 0.154 e. The third-order valence-corrected chi connectivity index (χ3v) is 2.57. The Bertz CT molecular complexity index is 478. The van der Waals surface area contributed by atoms with Crippen LogP contribution in [0.4, 0.5) is 5.82 Å². The molecule has 0 saturated carbocycles. The van der Waals surface area contributed by atoms with Gasteiger partial charge < -0.3 is 15.1 Å². The molecule has 2 heterocycles. The number of aromatic nitrogens is 2. The lowest BCUT2D eigenvalue weighted by molar-refractivity contribution is 0.545. The fraction of sp³-hybridized carbons (Fsp3) is 0.385. The number of anilines is 1. The number of rotatable bonds is 6. The molecule has 2 aromatic rings. The summed E-state index contributed by atoms with van der Waals surface area (Å²) in [6.07, 6.45) is 1.05. The monoisotopic (exact) mass is 246 g/mol. The number of hydrogen-bond donors (Lipinski definition) is 2. The maximum atomic E-state index is 5.49. The van der Waals surface area contributed by atoms with E-state index in [4.69, 9.17) is 4.42 Å². The summed E-state index contributed by atoms with van der Waals surface area (Å²) in [4.78, 5) is 0. The van der Waals surface area contributed by atoms with Crippen LogP contribution in [0.1, 0.15) is 12.2 Å². The molecule has 2 N–H and O–H groups in total. The van der Waals surface area contributed by atoms with Crippen LogP contribution in [-0.2, 0) is 0 Å².